The largest absolute Gasteiger partial charge is 0.379 e. The van der Waals surface area contributed by atoms with Gasteiger partial charge in [-0.25, -0.2) is 4.98 Å². The maximum absolute atomic E-state index is 13.2. The van der Waals surface area contributed by atoms with Gasteiger partial charge in [0.15, 0.2) is 0 Å². The number of nitrogens with one attached hydrogen (secondary N) is 1. The van der Waals surface area contributed by atoms with Gasteiger partial charge in [-0.3, -0.25) is 14.4 Å². The summed E-state index contributed by atoms with van der Waals surface area (Å²) in [7, 11) is 4.14. The number of anilines is 2. The summed E-state index contributed by atoms with van der Waals surface area (Å²) in [4.78, 5) is 24.7. The molecule has 1 N–H and O–H groups in total. The van der Waals surface area contributed by atoms with Gasteiger partial charge in [-0.05, 0) is 48.3 Å². The molecule has 0 spiro atoms. The third kappa shape index (κ3) is 5.66. The molecule has 4 aromatic rings. The van der Waals surface area contributed by atoms with Crippen LogP contribution in [0.15, 0.2) is 60.9 Å². The van der Waals surface area contributed by atoms with Crippen LogP contribution in [0, 0.1) is 0 Å². The molecule has 0 unspecified atom stereocenters. The van der Waals surface area contributed by atoms with Crippen LogP contribution in [0.4, 0.5) is 11.5 Å². The molecule has 202 valence electrons. The Labute approximate surface area is 229 Å². The van der Waals surface area contributed by atoms with Crippen LogP contribution < -0.4 is 10.2 Å². The van der Waals surface area contributed by atoms with E-state index in [-0.39, 0.29) is 5.91 Å². The number of rotatable bonds is 6. The summed E-state index contributed by atoms with van der Waals surface area (Å²) in [6.45, 7) is 8.18. The van der Waals surface area contributed by atoms with E-state index in [1.807, 2.05) is 48.4 Å². The minimum Gasteiger partial charge on any atom is -0.379 e. The van der Waals surface area contributed by atoms with E-state index in [1.54, 1.807) is 0 Å². The molecule has 0 radical (unpaired) electrons. The Bertz CT molecular complexity index is 1470. The smallest absolute Gasteiger partial charge is 0.256 e. The molecule has 4 heterocycles. The van der Waals surface area contributed by atoms with Crippen LogP contribution in [0.1, 0.15) is 16.1 Å². The molecule has 0 atom stereocenters. The van der Waals surface area contributed by atoms with E-state index in [2.05, 4.69) is 61.4 Å². The maximum atomic E-state index is 13.2. The molecular weight excluding hydrogens is 490 g/mol. The summed E-state index contributed by atoms with van der Waals surface area (Å²) in [5.41, 5.74) is 5.11. The number of carbonyl (C=O) groups is 1. The Balaban J connectivity index is 1.21. The Kier molecular flexibility index (Phi) is 7.28. The molecule has 1 amide bonds. The minimum absolute atomic E-state index is 0.158. The maximum Gasteiger partial charge on any atom is 0.256 e. The summed E-state index contributed by atoms with van der Waals surface area (Å²) in [6, 6.07) is 16.1. The zero-order chi connectivity index (χ0) is 26.8. The minimum atomic E-state index is -0.158. The lowest BCUT2D eigenvalue weighted by Crippen LogP contribution is -2.44. The predicted octanol–water partition coefficient (Wildman–Crippen LogP) is 3.47. The monoisotopic (exact) mass is 525 g/mol. The van der Waals surface area contributed by atoms with E-state index >= 15 is 0 Å². The third-order valence-corrected chi connectivity index (χ3v) is 7.79. The summed E-state index contributed by atoms with van der Waals surface area (Å²) in [5.74, 6) is 0.378. The van der Waals surface area contributed by atoms with E-state index in [0.29, 0.717) is 11.4 Å². The number of amides is 1. The van der Waals surface area contributed by atoms with Gasteiger partial charge >= 0.3 is 0 Å². The topological polar surface area (TPSA) is 78.8 Å². The second kappa shape index (κ2) is 11.1. The van der Waals surface area contributed by atoms with Gasteiger partial charge in [0.25, 0.3) is 5.91 Å². The average molecular weight is 526 g/mol. The number of hydrogen-bond donors (Lipinski definition) is 1. The van der Waals surface area contributed by atoms with Crippen molar-refractivity contribution >= 4 is 28.2 Å². The Hall–Kier alpha value is -3.79. The molecule has 0 aliphatic carbocycles. The molecule has 2 aromatic carbocycles. The highest BCUT2D eigenvalue weighted by Crippen LogP contribution is 2.29. The molecule has 9 nitrogen and oxygen atoms in total. The van der Waals surface area contributed by atoms with E-state index < -0.39 is 0 Å². The molecular formula is C30H35N7O2. The van der Waals surface area contributed by atoms with E-state index in [9.17, 15) is 4.79 Å². The number of ether oxygens (including phenoxy) is 1. The molecule has 2 aliphatic heterocycles. The third-order valence-electron chi connectivity index (χ3n) is 7.79. The highest BCUT2D eigenvalue weighted by atomic mass is 16.5. The normalized spacial score (nSPS) is 17.0. The van der Waals surface area contributed by atoms with Crippen molar-refractivity contribution < 1.29 is 9.53 Å². The van der Waals surface area contributed by atoms with Crippen molar-refractivity contribution in [2.45, 2.75) is 6.54 Å². The van der Waals surface area contributed by atoms with E-state index in [1.165, 1.54) is 5.69 Å². The predicted molar refractivity (Wildman–Crippen MR) is 154 cm³/mol. The number of benzene rings is 2. The number of pyridine rings is 1. The number of morpholine rings is 1. The van der Waals surface area contributed by atoms with Gasteiger partial charge < -0.3 is 19.9 Å². The summed E-state index contributed by atoms with van der Waals surface area (Å²) < 4.78 is 7.47. The zero-order valence-corrected chi connectivity index (χ0v) is 22.6. The fourth-order valence-corrected chi connectivity index (χ4v) is 5.34. The average Bonchev–Trinajstić information content (AvgIpc) is 3.33. The fourth-order valence-electron chi connectivity index (χ4n) is 5.34. The molecule has 2 aliphatic rings. The number of likely N-dealkylation sites (N-methyl/N-ethyl adjacent to an activating group) is 1. The first-order chi connectivity index (χ1) is 19.0. The Morgan fingerprint density at radius 1 is 0.923 bits per heavy atom. The molecule has 2 aromatic heterocycles. The Morgan fingerprint density at radius 2 is 1.74 bits per heavy atom. The van der Waals surface area contributed by atoms with E-state index in [0.717, 1.165) is 86.6 Å². The highest BCUT2D eigenvalue weighted by molar-refractivity contribution is 6.05. The van der Waals surface area contributed by atoms with Gasteiger partial charge in [0, 0.05) is 81.3 Å². The van der Waals surface area contributed by atoms with Crippen LogP contribution in [-0.2, 0) is 18.3 Å². The van der Waals surface area contributed by atoms with Crippen molar-refractivity contribution in [2.75, 3.05) is 69.7 Å². The number of carbonyl (C=O) groups excluding carboxylic acids is 1. The summed E-state index contributed by atoms with van der Waals surface area (Å²) in [6.07, 6.45) is 3.75. The standard InChI is InChI=1S/C30H35N7O2/c1-34-8-10-37(11-9-34)26-5-3-4-23(17-26)30(38)33-29-18-25-16-22(6-7-24(25)19-31-29)27-20-32-35(2)28(27)21-36-12-14-39-15-13-36/h3-7,16-20H,8-15,21H2,1-2H3,(H,31,33,38). The number of nitrogens with zero attached hydrogens (tertiary/aromatic N) is 6. The quantitative estimate of drug-likeness (QED) is 0.413. The molecule has 0 saturated carbocycles. The Morgan fingerprint density at radius 3 is 2.56 bits per heavy atom. The SMILES string of the molecule is CN1CCN(c2cccc(C(=O)Nc3cc4cc(-c5cnn(C)c5CN5CCOCC5)ccc4cn3)c2)CC1. The first kappa shape index (κ1) is 25.5. The molecule has 39 heavy (non-hydrogen) atoms. The first-order valence-corrected chi connectivity index (χ1v) is 13.6. The number of piperazine rings is 1. The van der Waals surface area contributed by atoms with Crippen molar-refractivity contribution in [3.8, 4) is 11.1 Å². The van der Waals surface area contributed by atoms with Crippen molar-refractivity contribution in [3.05, 3.63) is 72.2 Å². The molecule has 2 fully saturated rings. The van der Waals surface area contributed by atoms with Crippen molar-refractivity contribution in [2.24, 2.45) is 7.05 Å². The molecule has 6 rings (SSSR count). The highest BCUT2D eigenvalue weighted by Gasteiger charge is 2.18. The van der Waals surface area contributed by atoms with Gasteiger partial charge in [-0.1, -0.05) is 18.2 Å². The summed E-state index contributed by atoms with van der Waals surface area (Å²) >= 11 is 0. The number of aryl methyl sites for hydroxylation is 1. The molecule has 0 bridgehead atoms. The van der Waals surface area contributed by atoms with Crippen molar-refractivity contribution in [1.29, 1.82) is 0 Å². The summed E-state index contributed by atoms with van der Waals surface area (Å²) in [5, 5.41) is 9.60. The lowest BCUT2D eigenvalue weighted by atomic mass is 10.0. The van der Waals surface area contributed by atoms with Gasteiger partial charge in [-0.2, -0.15) is 5.10 Å². The number of hydrogen-bond acceptors (Lipinski definition) is 7. The van der Waals surface area contributed by atoms with E-state index in [4.69, 9.17) is 4.74 Å². The van der Waals surface area contributed by atoms with Crippen LogP contribution in [0.2, 0.25) is 0 Å². The lowest BCUT2D eigenvalue weighted by molar-refractivity contribution is 0.0332. The van der Waals surface area contributed by atoms with Crippen LogP contribution in [-0.4, -0.2) is 90.0 Å². The van der Waals surface area contributed by atoms with Crippen molar-refractivity contribution in [3.63, 3.8) is 0 Å². The van der Waals surface area contributed by atoms with Crippen LogP contribution in [0.3, 0.4) is 0 Å². The number of fused-ring (bicyclic) bond motifs is 1. The zero-order valence-electron chi connectivity index (χ0n) is 22.6. The van der Waals surface area contributed by atoms with Crippen LogP contribution in [0.5, 0.6) is 0 Å². The molecule has 2 saturated heterocycles. The lowest BCUT2D eigenvalue weighted by Gasteiger charge is -2.34. The van der Waals surface area contributed by atoms with Crippen LogP contribution in [0.25, 0.3) is 21.9 Å². The van der Waals surface area contributed by atoms with Gasteiger partial charge in [-0.15, -0.1) is 0 Å². The van der Waals surface area contributed by atoms with Crippen molar-refractivity contribution in [1.82, 2.24) is 24.6 Å². The van der Waals surface area contributed by atoms with Gasteiger partial charge in [0.05, 0.1) is 25.1 Å². The first-order valence-electron chi connectivity index (χ1n) is 13.6. The van der Waals surface area contributed by atoms with Gasteiger partial charge in [0.2, 0.25) is 0 Å². The number of aromatic nitrogens is 3. The van der Waals surface area contributed by atoms with Crippen LogP contribution >= 0.6 is 0 Å². The second-order valence-electron chi connectivity index (χ2n) is 10.4. The molecule has 9 heteroatoms. The second-order valence-corrected chi connectivity index (χ2v) is 10.4. The van der Waals surface area contributed by atoms with Gasteiger partial charge in [0.1, 0.15) is 5.82 Å². The fraction of sp³-hybridized carbons (Fsp3) is 0.367.